The second-order valence-electron chi connectivity index (χ2n) is 7.82. The van der Waals surface area contributed by atoms with Crippen LogP contribution in [0.25, 0.3) is 27.5 Å². The predicted octanol–water partition coefficient (Wildman–Crippen LogP) is 6.93. The number of nitrogens with one attached hydrogen (secondary N) is 1. The van der Waals surface area contributed by atoms with Gasteiger partial charge >= 0.3 is 6.18 Å². The van der Waals surface area contributed by atoms with Gasteiger partial charge < -0.3 is 5.32 Å². The van der Waals surface area contributed by atoms with Gasteiger partial charge in [0.25, 0.3) is 5.91 Å². The van der Waals surface area contributed by atoms with E-state index in [0.717, 1.165) is 21.3 Å². The first-order valence-corrected chi connectivity index (χ1v) is 11.9. The van der Waals surface area contributed by atoms with Crippen LogP contribution in [0.3, 0.4) is 0 Å². The number of halogens is 4. The van der Waals surface area contributed by atoms with Crippen molar-refractivity contribution in [1.29, 1.82) is 0 Å². The molecule has 3 aromatic heterocycles. The van der Waals surface area contributed by atoms with E-state index < -0.39 is 11.9 Å². The number of benzene rings is 2. The molecule has 0 saturated carbocycles. The molecule has 182 valence electrons. The van der Waals surface area contributed by atoms with Gasteiger partial charge in [0.05, 0.1) is 21.3 Å². The van der Waals surface area contributed by atoms with E-state index in [4.69, 9.17) is 11.6 Å². The van der Waals surface area contributed by atoms with E-state index in [2.05, 4.69) is 15.5 Å². The fourth-order valence-electron chi connectivity index (χ4n) is 3.64. The van der Waals surface area contributed by atoms with Crippen molar-refractivity contribution in [2.24, 2.45) is 7.05 Å². The van der Waals surface area contributed by atoms with Gasteiger partial charge in [-0.2, -0.15) is 23.4 Å². The predicted molar refractivity (Wildman–Crippen MR) is 133 cm³/mol. The van der Waals surface area contributed by atoms with E-state index >= 15 is 0 Å². The maximum absolute atomic E-state index is 13.4. The van der Waals surface area contributed by atoms with Crippen molar-refractivity contribution < 1.29 is 18.0 Å². The molecule has 0 saturated heterocycles. The lowest BCUT2D eigenvalue weighted by molar-refractivity contribution is -0.141. The highest BCUT2D eigenvalue weighted by atomic mass is 35.5. The van der Waals surface area contributed by atoms with Gasteiger partial charge in [0.1, 0.15) is 11.5 Å². The number of amides is 1. The number of carbonyl (C=O) groups excluding carboxylic acids is 1. The van der Waals surface area contributed by atoms with Gasteiger partial charge in [-0.15, -0.1) is 11.3 Å². The molecular weight excluding hydrogens is 511 g/mol. The number of para-hydroxylation sites is 1. The second kappa shape index (κ2) is 9.29. The van der Waals surface area contributed by atoms with Crippen LogP contribution in [-0.2, 0) is 13.2 Å². The van der Waals surface area contributed by atoms with Crippen molar-refractivity contribution in [3.05, 3.63) is 94.5 Å². The molecule has 0 aliphatic carbocycles. The fraction of sp³-hybridized carbons (Fsp3) is 0.0800. The molecule has 0 spiro atoms. The van der Waals surface area contributed by atoms with Crippen LogP contribution in [-0.4, -0.2) is 25.5 Å². The second-order valence-corrected chi connectivity index (χ2v) is 9.18. The van der Waals surface area contributed by atoms with Crippen LogP contribution in [0.2, 0.25) is 5.02 Å². The van der Waals surface area contributed by atoms with Crippen LogP contribution in [0.5, 0.6) is 0 Å². The van der Waals surface area contributed by atoms with E-state index in [1.165, 1.54) is 0 Å². The summed E-state index contributed by atoms with van der Waals surface area (Å²) in [6.07, 6.45) is -4.63. The first kappa shape index (κ1) is 23.8. The van der Waals surface area contributed by atoms with Crippen molar-refractivity contribution in [3.8, 4) is 27.5 Å². The number of rotatable bonds is 5. The Morgan fingerprint density at radius 2 is 1.75 bits per heavy atom. The molecule has 0 aliphatic heterocycles. The molecule has 0 fully saturated rings. The van der Waals surface area contributed by atoms with Gasteiger partial charge in [-0.1, -0.05) is 41.9 Å². The Labute approximate surface area is 212 Å². The van der Waals surface area contributed by atoms with E-state index in [9.17, 15) is 18.0 Å². The molecule has 5 aromatic rings. The summed E-state index contributed by atoms with van der Waals surface area (Å²) in [5, 5.41) is 13.2. The minimum absolute atomic E-state index is 0.189. The molecule has 0 aliphatic rings. The molecule has 36 heavy (non-hydrogen) atoms. The molecular formula is C25H17ClF3N5OS. The van der Waals surface area contributed by atoms with E-state index in [1.807, 2.05) is 17.5 Å². The highest BCUT2D eigenvalue weighted by molar-refractivity contribution is 7.13. The molecule has 0 unspecified atom stereocenters. The van der Waals surface area contributed by atoms with Gasteiger partial charge in [0.15, 0.2) is 5.69 Å². The molecule has 11 heteroatoms. The summed E-state index contributed by atoms with van der Waals surface area (Å²) in [6, 6.07) is 19.3. The third-order valence-corrected chi connectivity index (χ3v) is 6.63. The highest BCUT2D eigenvalue weighted by Gasteiger charge is 2.35. The molecule has 6 nitrogen and oxygen atoms in total. The summed E-state index contributed by atoms with van der Waals surface area (Å²) < 4.78 is 43.1. The van der Waals surface area contributed by atoms with Crippen molar-refractivity contribution in [3.63, 3.8) is 0 Å². The van der Waals surface area contributed by atoms with Crippen LogP contribution in [0.4, 0.5) is 19.0 Å². The summed E-state index contributed by atoms with van der Waals surface area (Å²) in [5.41, 5.74) is 0.967. The number of anilines is 1. The topological polar surface area (TPSA) is 64.7 Å². The quantitative estimate of drug-likeness (QED) is 0.270. The minimum Gasteiger partial charge on any atom is -0.307 e. The first-order valence-electron chi connectivity index (χ1n) is 10.6. The molecule has 0 atom stereocenters. The number of nitrogens with zero attached hydrogens (tertiary/aromatic N) is 4. The molecule has 0 bridgehead atoms. The van der Waals surface area contributed by atoms with Crippen LogP contribution in [0.1, 0.15) is 16.1 Å². The molecule has 3 heterocycles. The highest BCUT2D eigenvalue weighted by Crippen LogP contribution is 2.34. The SMILES string of the molecule is Cn1nc(-c2cccs2)cc1NC(=O)c1ccc(-c2cc(C(F)(F)F)nn2-c2ccccc2Cl)cc1. The summed E-state index contributed by atoms with van der Waals surface area (Å²) in [5.74, 6) is 0.136. The normalized spacial score (nSPS) is 11.6. The third-order valence-electron chi connectivity index (χ3n) is 5.42. The third kappa shape index (κ3) is 4.65. The van der Waals surface area contributed by atoms with E-state index in [1.54, 1.807) is 77.7 Å². The van der Waals surface area contributed by atoms with Gasteiger partial charge in [0, 0.05) is 24.2 Å². The maximum Gasteiger partial charge on any atom is 0.435 e. The monoisotopic (exact) mass is 527 g/mol. The number of hydrogen-bond acceptors (Lipinski definition) is 4. The largest absolute Gasteiger partial charge is 0.435 e. The lowest BCUT2D eigenvalue weighted by atomic mass is 10.1. The summed E-state index contributed by atoms with van der Waals surface area (Å²) in [6.45, 7) is 0. The molecule has 1 N–H and O–H groups in total. The van der Waals surface area contributed by atoms with Crippen molar-refractivity contribution in [1.82, 2.24) is 19.6 Å². The zero-order valence-electron chi connectivity index (χ0n) is 18.6. The smallest absolute Gasteiger partial charge is 0.307 e. The number of alkyl halides is 3. The Kier molecular flexibility index (Phi) is 6.15. The van der Waals surface area contributed by atoms with Gasteiger partial charge in [-0.25, -0.2) is 4.68 Å². The number of carbonyl (C=O) groups is 1. The van der Waals surface area contributed by atoms with Crippen molar-refractivity contribution in [2.75, 3.05) is 5.32 Å². The van der Waals surface area contributed by atoms with Crippen LogP contribution >= 0.6 is 22.9 Å². The average Bonchev–Trinajstić information content (AvgIpc) is 3.60. The van der Waals surface area contributed by atoms with E-state index in [-0.39, 0.29) is 16.6 Å². The van der Waals surface area contributed by atoms with E-state index in [0.29, 0.717) is 22.6 Å². The Morgan fingerprint density at radius 3 is 2.42 bits per heavy atom. The summed E-state index contributed by atoms with van der Waals surface area (Å²) >= 11 is 7.77. The van der Waals surface area contributed by atoms with Gasteiger partial charge in [-0.3, -0.25) is 9.48 Å². The molecule has 2 aromatic carbocycles. The lowest BCUT2D eigenvalue weighted by Crippen LogP contribution is -2.14. The standard InChI is InChI=1S/C25H17ClF3N5OS/c1-33-23(13-18(31-33)21-7-4-12-36-21)30-24(35)16-10-8-15(9-11-16)20-14-22(25(27,28)29)32-34(20)19-6-3-2-5-17(19)26/h2-14H,1H3,(H,30,35). The Hall–Kier alpha value is -3.89. The Morgan fingerprint density at radius 1 is 1.00 bits per heavy atom. The number of thiophene rings is 1. The fourth-order valence-corrected chi connectivity index (χ4v) is 4.54. The van der Waals surface area contributed by atoms with Gasteiger partial charge in [0.2, 0.25) is 0 Å². The number of aryl methyl sites for hydroxylation is 1. The Bertz CT molecular complexity index is 1540. The Balaban J connectivity index is 1.43. The number of hydrogen-bond donors (Lipinski definition) is 1. The minimum atomic E-state index is -4.63. The van der Waals surface area contributed by atoms with Crippen LogP contribution in [0, 0.1) is 0 Å². The van der Waals surface area contributed by atoms with Crippen molar-refractivity contribution in [2.45, 2.75) is 6.18 Å². The molecule has 5 rings (SSSR count). The van der Waals surface area contributed by atoms with Crippen LogP contribution < -0.4 is 5.32 Å². The van der Waals surface area contributed by atoms with Crippen molar-refractivity contribution >= 4 is 34.7 Å². The summed E-state index contributed by atoms with van der Waals surface area (Å²) in [4.78, 5) is 13.8. The molecule has 0 radical (unpaired) electrons. The summed E-state index contributed by atoms with van der Waals surface area (Å²) in [7, 11) is 1.73. The maximum atomic E-state index is 13.4. The zero-order valence-corrected chi connectivity index (χ0v) is 20.2. The molecule has 1 amide bonds. The van der Waals surface area contributed by atoms with Crippen LogP contribution in [0.15, 0.2) is 78.2 Å². The lowest BCUT2D eigenvalue weighted by Gasteiger charge is -2.10. The zero-order chi connectivity index (χ0) is 25.4. The van der Waals surface area contributed by atoms with Gasteiger partial charge in [-0.05, 0) is 41.8 Å². The first-order chi connectivity index (χ1) is 17.2. The number of aromatic nitrogens is 4. The average molecular weight is 528 g/mol.